The third kappa shape index (κ3) is 3.52. The molecule has 0 fully saturated rings. The Morgan fingerprint density at radius 1 is 1.19 bits per heavy atom. The van der Waals surface area contributed by atoms with E-state index < -0.39 is 6.04 Å². The molecule has 0 unspecified atom stereocenters. The van der Waals surface area contributed by atoms with E-state index in [9.17, 15) is 9.59 Å². The van der Waals surface area contributed by atoms with E-state index in [4.69, 9.17) is 9.47 Å². The third-order valence-corrected chi connectivity index (χ3v) is 6.86. The van der Waals surface area contributed by atoms with Gasteiger partial charge in [0.05, 0.1) is 11.7 Å². The fraction of sp³-hybridized carbons (Fsp3) is 0.208. The van der Waals surface area contributed by atoms with Crippen molar-refractivity contribution >= 4 is 27.5 Å². The first-order valence-electron chi connectivity index (χ1n) is 10.2. The van der Waals surface area contributed by atoms with Crippen molar-refractivity contribution in [3.8, 4) is 21.9 Å². The second-order valence-corrected chi connectivity index (χ2v) is 8.64. The smallest absolute Gasteiger partial charge is 0.263 e. The number of aromatic nitrogens is 2. The van der Waals surface area contributed by atoms with E-state index in [1.165, 1.54) is 22.2 Å². The van der Waals surface area contributed by atoms with Gasteiger partial charge < -0.3 is 14.8 Å². The van der Waals surface area contributed by atoms with Crippen LogP contribution < -0.4 is 20.3 Å². The van der Waals surface area contributed by atoms with Gasteiger partial charge in [-0.05, 0) is 42.7 Å². The van der Waals surface area contributed by atoms with Crippen LogP contribution in [0.2, 0.25) is 0 Å². The Morgan fingerprint density at radius 3 is 2.78 bits per heavy atom. The number of aryl methyl sites for hydroxylation is 1. The molecule has 0 bridgehead atoms. The van der Waals surface area contributed by atoms with Crippen LogP contribution in [0.15, 0.2) is 59.7 Å². The van der Waals surface area contributed by atoms with Crippen molar-refractivity contribution in [3.63, 3.8) is 0 Å². The highest BCUT2D eigenvalue weighted by atomic mass is 32.1. The molecule has 8 heteroatoms. The lowest BCUT2D eigenvalue weighted by atomic mass is 10.1. The Labute approximate surface area is 188 Å². The second-order valence-electron chi connectivity index (χ2n) is 7.64. The van der Waals surface area contributed by atoms with Crippen molar-refractivity contribution in [2.24, 2.45) is 0 Å². The number of fused-ring (bicyclic) bond motifs is 2. The number of hydrogen-bond acceptors (Lipinski definition) is 6. The summed E-state index contributed by atoms with van der Waals surface area (Å²) in [5.41, 5.74) is 2.61. The van der Waals surface area contributed by atoms with Crippen LogP contribution >= 0.6 is 11.3 Å². The van der Waals surface area contributed by atoms with Crippen molar-refractivity contribution in [1.82, 2.24) is 14.9 Å². The van der Waals surface area contributed by atoms with Gasteiger partial charge in [-0.25, -0.2) is 4.98 Å². The van der Waals surface area contributed by atoms with Gasteiger partial charge in [0.2, 0.25) is 12.7 Å². The zero-order chi connectivity index (χ0) is 22.2. The lowest BCUT2D eigenvalue weighted by molar-refractivity contribution is -0.124. The maximum Gasteiger partial charge on any atom is 0.263 e. The number of ether oxygens (including phenoxy) is 2. The van der Waals surface area contributed by atoms with E-state index in [2.05, 4.69) is 10.3 Å². The van der Waals surface area contributed by atoms with Crippen molar-refractivity contribution in [1.29, 1.82) is 0 Å². The first-order chi connectivity index (χ1) is 15.5. The Kier molecular flexibility index (Phi) is 5.14. The van der Waals surface area contributed by atoms with Gasteiger partial charge in [0.25, 0.3) is 5.56 Å². The maximum atomic E-state index is 13.3. The molecule has 32 heavy (non-hydrogen) atoms. The quantitative estimate of drug-likeness (QED) is 0.499. The predicted octanol–water partition coefficient (Wildman–Crippen LogP) is 4.04. The Morgan fingerprint density at radius 2 is 1.97 bits per heavy atom. The first-order valence-corrected chi connectivity index (χ1v) is 11.1. The largest absolute Gasteiger partial charge is 0.454 e. The molecule has 4 aromatic rings. The number of rotatable bonds is 5. The minimum atomic E-state index is -0.701. The van der Waals surface area contributed by atoms with Gasteiger partial charge in [0, 0.05) is 11.4 Å². The van der Waals surface area contributed by atoms with E-state index in [1.807, 2.05) is 55.5 Å². The molecule has 1 amide bonds. The standard InChI is InChI=1S/C24H21N3O4S/c1-14-20-23(32-21(14)17-6-4-3-5-7-17)26-12-27(24(20)29)15(2)22(28)25-11-16-8-9-18-19(10-16)31-13-30-18/h3-10,12,15H,11,13H2,1-2H3,(H,25,28)/t15-/m0/s1. The summed E-state index contributed by atoms with van der Waals surface area (Å²) in [4.78, 5) is 32.2. The van der Waals surface area contributed by atoms with Gasteiger partial charge in [0.15, 0.2) is 11.5 Å². The fourth-order valence-corrected chi connectivity index (χ4v) is 4.94. The molecule has 7 nitrogen and oxygen atoms in total. The summed E-state index contributed by atoms with van der Waals surface area (Å²) in [7, 11) is 0. The molecular weight excluding hydrogens is 426 g/mol. The maximum absolute atomic E-state index is 13.3. The van der Waals surface area contributed by atoms with Crippen LogP contribution in [0, 0.1) is 6.92 Å². The average Bonchev–Trinajstić information content (AvgIpc) is 3.42. The summed E-state index contributed by atoms with van der Waals surface area (Å²) >= 11 is 1.49. The number of carbonyl (C=O) groups excluding carboxylic acids is 1. The molecule has 2 aromatic heterocycles. The molecule has 2 aromatic carbocycles. The van der Waals surface area contributed by atoms with Crippen LogP contribution in [0.4, 0.5) is 0 Å². The summed E-state index contributed by atoms with van der Waals surface area (Å²) in [5.74, 6) is 1.10. The second kappa shape index (κ2) is 8.12. The number of benzene rings is 2. The molecule has 0 radical (unpaired) electrons. The van der Waals surface area contributed by atoms with Crippen molar-refractivity contribution in [3.05, 3.63) is 76.3 Å². The first kappa shape index (κ1) is 20.3. The Balaban J connectivity index is 1.39. The van der Waals surface area contributed by atoms with Gasteiger partial charge in [-0.1, -0.05) is 36.4 Å². The lowest BCUT2D eigenvalue weighted by Gasteiger charge is -2.15. The molecule has 0 saturated carbocycles. The SMILES string of the molecule is Cc1c(-c2ccccc2)sc2ncn([C@@H](C)C(=O)NCc3ccc4c(c3)OCO4)c(=O)c12. The van der Waals surface area contributed by atoms with Crippen LogP contribution in [0.3, 0.4) is 0 Å². The van der Waals surface area contributed by atoms with Gasteiger partial charge in [-0.3, -0.25) is 14.2 Å². The lowest BCUT2D eigenvalue weighted by Crippen LogP contribution is -2.35. The molecule has 162 valence electrons. The van der Waals surface area contributed by atoms with E-state index in [0.717, 1.165) is 21.6 Å². The molecule has 1 N–H and O–H groups in total. The summed E-state index contributed by atoms with van der Waals surface area (Å²) < 4.78 is 12.1. The van der Waals surface area contributed by atoms with E-state index >= 15 is 0 Å². The highest BCUT2D eigenvalue weighted by Gasteiger charge is 2.21. The van der Waals surface area contributed by atoms with Crippen molar-refractivity contribution in [2.45, 2.75) is 26.4 Å². The molecule has 3 heterocycles. The number of carbonyl (C=O) groups is 1. The number of nitrogens with one attached hydrogen (secondary N) is 1. The number of thiophene rings is 1. The van der Waals surface area contributed by atoms with Gasteiger partial charge >= 0.3 is 0 Å². The highest BCUT2D eigenvalue weighted by molar-refractivity contribution is 7.22. The van der Waals surface area contributed by atoms with Crippen LogP contribution in [0.25, 0.3) is 20.7 Å². The summed E-state index contributed by atoms with van der Waals surface area (Å²) in [5, 5.41) is 3.45. The summed E-state index contributed by atoms with van der Waals surface area (Å²) in [6.07, 6.45) is 1.46. The van der Waals surface area contributed by atoms with Gasteiger partial charge in [-0.2, -0.15) is 0 Å². The van der Waals surface area contributed by atoms with E-state index in [1.54, 1.807) is 6.92 Å². The zero-order valence-electron chi connectivity index (χ0n) is 17.6. The average molecular weight is 448 g/mol. The zero-order valence-corrected chi connectivity index (χ0v) is 18.4. The summed E-state index contributed by atoms with van der Waals surface area (Å²) in [6.45, 7) is 4.15. The monoisotopic (exact) mass is 447 g/mol. The highest BCUT2D eigenvalue weighted by Crippen LogP contribution is 2.35. The van der Waals surface area contributed by atoms with E-state index in [-0.39, 0.29) is 18.3 Å². The molecule has 1 aliphatic rings. The predicted molar refractivity (Wildman–Crippen MR) is 123 cm³/mol. The minimum absolute atomic E-state index is 0.203. The molecule has 5 rings (SSSR count). The number of hydrogen-bond donors (Lipinski definition) is 1. The Bertz CT molecular complexity index is 1380. The molecular formula is C24H21N3O4S. The van der Waals surface area contributed by atoms with Crippen LogP contribution in [0.1, 0.15) is 24.1 Å². The van der Waals surface area contributed by atoms with Crippen LogP contribution in [0.5, 0.6) is 11.5 Å². The van der Waals surface area contributed by atoms with Crippen LogP contribution in [-0.2, 0) is 11.3 Å². The normalized spacial score (nSPS) is 13.3. The van der Waals surface area contributed by atoms with Crippen LogP contribution in [-0.4, -0.2) is 22.3 Å². The number of nitrogens with zero attached hydrogens (tertiary/aromatic N) is 2. The molecule has 1 atom stereocenters. The number of amides is 1. The summed E-state index contributed by atoms with van der Waals surface area (Å²) in [6, 6.07) is 14.8. The molecule has 0 spiro atoms. The van der Waals surface area contributed by atoms with Gasteiger partial charge in [0.1, 0.15) is 10.9 Å². The molecule has 0 saturated heterocycles. The molecule has 0 aliphatic carbocycles. The Hall–Kier alpha value is -3.65. The van der Waals surface area contributed by atoms with Crippen molar-refractivity contribution < 1.29 is 14.3 Å². The topological polar surface area (TPSA) is 82.5 Å². The van der Waals surface area contributed by atoms with Gasteiger partial charge in [-0.15, -0.1) is 11.3 Å². The van der Waals surface area contributed by atoms with E-state index in [0.29, 0.717) is 28.3 Å². The van der Waals surface area contributed by atoms with Crippen molar-refractivity contribution in [2.75, 3.05) is 6.79 Å². The fourth-order valence-electron chi connectivity index (χ4n) is 3.79. The third-order valence-electron chi connectivity index (χ3n) is 5.61. The molecule has 1 aliphatic heterocycles. The minimum Gasteiger partial charge on any atom is -0.454 e.